The monoisotopic (exact) mass is 312 g/mol. The van der Waals surface area contributed by atoms with Crippen molar-refractivity contribution in [3.8, 4) is 0 Å². The lowest BCUT2D eigenvalue weighted by Crippen LogP contribution is -2.36. The summed E-state index contributed by atoms with van der Waals surface area (Å²) in [7, 11) is -3.80. The maximum atomic E-state index is 12.4. The number of hydrogen-bond acceptors (Lipinski definition) is 4. The average Bonchev–Trinajstić information content (AvgIpc) is 2.37. The summed E-state index contributed by atoms with van der Waals surface area (Å²) in [5.41, 5.74) is 16.5. The highest BCUT2D eigenvalue weighted by molar-refractivity contribution is 7.92. The Bertz CT molecular complexity index is 619. The number of carbonyl (C=O) groups excluding carboxylic acids is 1. The first kappa shape index (κ1) is 17.0. The van der Waals surface area contributed by atoms with Gasteiger partial charge in [-0.3, -0.25) is 9.79 Å². The van der Waals surface area contributed by atoms with Crippen molar-refractivity contribution in [3.05, 3.63) is 29.8 Å². The van der Waals surface area contributed by atoms with E-state index in [9.17, 15) is 13.2 Å². The van der Waals surface area contributed by atoms with E-state index >= 15 is 0 Å². The van der Waals surface area contributed by atoms with Crippen molar-refractivity contribution in [3.63, 3.8) is 0 Å². The summed E-state index contributed by atoms with van der Waals surface area (Å²) in [5.74, 6) is -0.952. The zero-order valence-corrected chi connectivity index (χ0v) is 12.6. The zero-order chi connectivity index (χ0) is 16.0. The van der Waals surface area contributed by atoms with Crippen LogP contribution in [0.15, 0.2) is 34.2 Å². The van der Waals surface area contributed by atoms with Gasteiger partial charge in [-0.25, -0.2) is 8.42 Å². The highest BCUT2D eigenvalue weighted by atomic mass is 32.2. The van der Waals surface area contributed by atoms with E-state index in [4.69, 9.17) is 17.2 Å². The van der Waals surface area contributed by atoms with Gasteiger partial charge in [0.1, 0.15) is 5.25 Å². The lowest BCUT2D eigenvalue weighted by molar-refractivity contribution is -0.117. The summed E-state index contributed by atoms with van der Waals surface area (Å²) >= 11 is 0. The molecule has 0 fully saturated rings. The molecule has 8 heteroatoms. The number of rotatable bonds is 7. The zero-order valence-electron chi connectivity index (χ0n) is 11.8. The lowest BCUT2D eigenvalue weighted by atomic mass is 10.2. The van der Waals surface area contributed by atoms with Crippen LogP contribution in [0.2, 0.25) is 0 Å². The second-order valence-corrected chi connectivity index (χ2v) is 6.83. The van der Waals surface area contributed by atoms with Gasteiger partial charge >= 0.3 is 0 Å². The van der Waals surface area contributed by atoms with Gasteiger partial charge in [-0.1, -0.05) is 17.7 Å². The van der Waals surface area contributed by atoms with Gasteiger partial charge in [0, 0.05) is 6.54 Å². The van der Waals surface area contributed by atoms with Crippen LogP contribution in [0, 0.1) is 6.92 Å². The number of hydrogen-bond donors (Lipinski definition) is 3. The SMILES string of the molecule is Cc1ccc(S(=O)(=O)C(CCCN=C(N)N)C(N)=O)cc1. The summed E-state index contributed by atoms with van der Waals surface area (Å²) in [6.07, 6.45) is 0.416. The fraction of sp³-hybridized carbons (Fsp3) is 0.385. The molecule has 21 heavy (non-hydrogen) atoms. The van der Waals surface area contributed by atoms with Crippen LogP contribution in [0.25, 0.3) is 0 Å². The second-order valence-electron chi connectivity index (χ2n) is 4.70. The maximum Gasteiger partial charge on any atom is 0.236 e. The normalized spacial score (nSPS) is 12.6. The van der Waals surface area contributed by atoms with Gasteiger partial charge < -0.3 is 17.2 Å². The van der Waals surface area contributed by atoms with E-state index in [1.165, 1.54) is 12.1 Å². The first-order valence-electron chi connectivity index (χ1n) is 6.40. The Labute approximate surface area is 124 Å². The number of aryl methyl sites for hydroxylation is 1. The van der Waals surface area contributed by atoms with Crippen LogP contribution >= 0.6 is 0 Å². The van der Waals surface area contributed by atoms with E-state index in [1.54, 1.807) is 12.1 Å². The van der Waals surface area contributed by atoms with Crippen LogP contribution in [0.5, 0.6) is 0 Å². The summed E-state index contributed by atoms with van der Waals surface area (Å²) in [5, 5.41) is -1.28. The molecule has 1 unspecified atom stereocenters. The molecule has 0 radical (unpaired) electrons. The molecule has 0 bridgehead atoms. The lowest BCUT2D eigenvalue weighted by Gasteiger charge is -2.14. The van der Waals surface area contributed by atoms with E-state index in [2.05, 4.69) is 4.99 Å². The van der Waals surface area contributed by atoms with Crippen molar-refractivity contribution in [2.24, 2.45) is 22.2 Å². The molecule has 7 nitrogen and oxygen atoms in total. The van der Waals surface area contributed by atoms with E-state index in [0.717, 1.165) is 5.56 Å². The minimum absolute atomic E-state index is 0.0717. The summed E-state index contributed by atoms with van der Waals surface area (Å²) in [6, 6.07) is 6.28. The molecular formula is C13H20N4O3S. The van der Waals surface area contributed by atoms with Crippen LogP contribution in [0.1, 0.15) is 18.4 Å². The van der Waals surface area contributed by atoms with Crippen LogP contribution in [-0.2, 0) is 14.6 Å². The molecule has 1 atom stereocenters. The molecule has 0 spiro atoms. The minimum atomic E-state index is -3.80. The molecule has 0 saturated heterocycles. The summed E-state index contributed by atoms with van der Waals surface area (Å²) < 4.78 is 24.9. The maximum absolute atomic E-state index is 12.4. The van der Waals surface area contributed by atoms with E-state index in [0.29, 0.717) is 6.42 Å². The third-order valence-corrected chi connectivity index (χ3v) is 5.11. The number of benzene rings is 1. The molecule has 6 N–H and O–H groups in total. The molecule has 1 aromatic carbocycles. The molecule has 0 saturated carbocycles. The quantitative estimate of drug-likeness (QED) is 0.359. The third-order valence-electron chi connectivity index (χ3n) is 2.96. The summed E-state index contributed by atoms with van der Waals surface area (Å²) in [4.78, 5) is 15.3. The van der Waals surface area contributed by atoms with Crippen molar-refractivity contribution in [1.82, 2.24) is 0 Å². The van der Waals surface area contributed by atoms with E-state index in [1.807, 2.05) is 6.92 Å². The number of amides is 1. The highest BCUT2D eigenvalue weighted by Crippen LogP contribution is 2.20. The number of nitrogens with zero attached hydrogens (tertiary/aromatic N) is 1. The Morgan fingerprint density at radius 1 is 1.19 bits per heavy atom. The first-order chi connectivity index (χ1) is 9.75. The Morgan fingerprint density at radius 3 is 2.24 bits per heavy atom. The van der Waals surface area contributed by atoms with Gasteiger partial charge in [-0.2, -0.15) is 0 Å². The van der Waals surface area contributed by atoms with Crippen molar-refractivity contribution >= 4 is 21.7 Å². The first-order valence-corrected chi connectivity index (χ1v) is 7.95. The molecule has 116 valence electrons. The van der Waals surface area contributed by atoms with Crippen molar-refractivity contribution in [2.75, 3.05) is 6.54 Å². The van der Waals surface area contributed by atoms with Crippen LogP contribution < -0.4 is 17.2 Å². The smallest absolute Gasteiger partial charge is 0.236 e. The van der Waals surface area contributed by atoms with Gasteiger partial charge in [0.2, 0.25) is 5.91 Å². The topological polar surface area (TPSA) is 142 Å². The standard InChI is InChI=1S/C13H20N4O3S/c1-9-4-6-10(7-5-9)21(19,20)11(12(14)18)3-2-8-17-13(15)16/h4-7,11H,2-3,8H2,1H3,(H2,14,18)(H4,15,16,17). The van der Waals surface area contributed by atoms with Gasteiger partial charge in [-0.15, -0.1) is 0 Å². The Hall–Kier alpha value is -2.09. The molecule has 1 amide bonds. The average molecular weight is 312 g/mol. The van der Waals surface area contributed by atoms with Gasteiger partial charge in [-0.05, 0) is 31.9 Å². The fourth-order valence-electron chi connectivity index (χ4n) is 1.83. The molecule has 1 rings (SSSR count). The minimum Gasteiger partial charge on any atom is -0.370 e. The second kappa shape index (κ2) is 7.07. The van der Waals surface area contributed by atoms with Gasteiger partial charge in [0.05, 0.1) is 4.90 Å². The Balaban J connectivity index is 2.91. The molecule has 0 aliphatic carbocycles. The molecular weight excluding hydrogens is 292 g/mol. The molecule has 0 heterocycles. The molecule has 0 aliphatic heterocycles. The number of sulfone groups is 1. The predicted octanol–water partition coefficient (Wildman–Crippen LogP) is -0.324. The fourth-order valence-corrected chi connectivity index (χ4v) is 3.45. The Kier molecular flexibility index (Phi) is 5.71. The highest BCUT2D eigenvalue weighted by Gasteiger charge is 2.31. The number of aliphatic imine (C=N–C) groups is 1. The molecule has 1 aromatic rings. The molecule has 0 aromatic heterocycles. The number of guanidine groups is 1. The predicted molar refractivity (Wildman–Crippen MR) is 81.3 cm³/mol. The van der Waals surface area contributed by atoms with Crippen LogP contribution in [0.4, 0.5) is 0 Å². The number of primary amides is 1. The van der Waals surface area contributed by atoms with Crippen LogP contribution in [0.3, 0.4) is 0 Å². The van der Waals surface area contributed by atoms with E-state index in [-0.39, 0.29) is 23.8 Å². The van der Waals surface area contributed by atoms with Crippen LogP contribution in [-0.4, -0.2) is 32.1 Å². The molecule has 0 aliphatic rings. The van der Waals surface area contributed by atoms with E-state index < -0.39 is 21.0 Å². The summed E-state index contributed by atoms with van der Waals surface area (Å²) in [6.45, 7) is 2.09. The van der Waals surface area contributed by atoms with Gasteiger partial charge in [0.25, 0.3) is 0 Å². The van der Waals surface area contributed by atoms with Crippen molar-refractivity contribution < 1.29 is 13.2 Å². The number of carbonyl (C=O) groups is 1. The van der Waals surface area contributed by atoms with Crippen molar-refractivity contribution in [1.29, 1.82) is 0 Å². The van der Waals surface area contributed by atoms with Gasteiger partial charge in [0.15, 0.2) is 15.8 Å². The number of nitrogens with two attached hydrogens (primary N) is 3. The third kappa shape index (κ3) is 4.75. The van der Waals surface area contributed by atoms with Crippen molar-refractivity contribution in [2.45, 2.75) is 29.9 Å². The Morgan fingerprint density at radius 2 is 1.76 bits per heavy atom. The largest absolute Gasteiger partial charge is 0.370 e.